The van der Waals surface area contributed by atoms with Crippen molar-refractivity contribution in [1.82, 2.24) is 15.1 Å². The molecular weight excluding hydrogens is 410 g/mol. The maximum absolute atomic E-state index is 13.2. The molecule has 1 aliphatic heterocycles. The number of hydrogen-bond acceptors (Lipinski definition) is 8. The molecule has 0 saturated carbocycles. The van der Waals surface area contributed by atoms with Crippen LogP contribution < -0.4 is 16.8 Å². The van der Waals surface area contributed by atoms with Gasteiger partial charge >= 0.3 is 5.97 Å². The van der Waals surface area contributed by atoms with Crippen molar-refractivity contribution in [2.45, 2.75) is 64.3 Å². The Morgan fingerprint density at radius 2 is 1.84 bits per heavy atom. The minimum atomic E-state index is -1.89. The van der Waals surface area contributed by atoms with Gasteiger partial charge in [-0.05, 0) is 25.7 Å². The van der Waals surface area contributed by atoms with Crippen LogP contribution >= 0.6 is 0 Å². The number of carboxylic acids is 1. The van der Waals surface area contributed by atoms with E-state index in [2.05, 4.69) is 5.32 Å². The standard InChI is InChI=1S/C19H33N5O7/c1-4-10(2)15(21)17(28)22-9-14(27)24(16(11(3)25)19(30)31)18(29)12-6-5-7-23(12)13(26)8-20/h10-12,15-16,25H,4-9,20-21H2,1-3H3,(H,22,28)(H,30,31). The molecule has 1 rings (SSSR count). The van der Waals surface area contributed by atoms with E-state index in [-0.39, 0.29) is 25.4 Å². The lowest BCUT2D eigenvalue weighted by Gasteiger charge is -2.33. The number of nitrogens with zero attached hydrogens (tertiary/aromatic N) is 2. The fourth-order valence-electron chi connectivity index (χ4n) is 3.43. The van der Waals surface area contributed by atoms with Crippen molar-refractivity contribution >= 4 is 29.6 Å². The molecule has 0 bridgehead atoms. The zero-order valence-electron chi connectivity index (χ0n) is 18.1. The van der Waals surface area contributed by atoms with E-state index < -0.39 is 60.4 Å². The number of rotatable bonds is 10. The van der Waals surface area contributed by atoms with Crippen molar-refractivity contribution in [3.8, 4) is 0 Å². The number of carbonyl (C=O) groups is 5. The predicted molar refractivity (Wildman–Crippen MR) is 109 cm³/mol. The van der Waals surface area contributed by atoms with Crippen molar-refractivity contribution < 1.29 is 34.2 Å². The molecule has 0 aliphatic carbocycles. The highest BCUT2D eigenvalue weighted by atomic mass is 16.4. The van der Waals surface area contributed by atoms with Crippen LogP contribution in [0.5, 0.6) is 0 Å². The molecule has 12 heteroatoms. The number of nitrogens with two attached hydrogens (primary N) is 2. The van der Waals surface area contributed by atoms with Crippen LogP contribution in [-0.4, -0.2) is 93.5 Å². The monoisotopic (exact) mass is 443 g/mol. The van der Waals surface area contributed by atoms with E-state index in [4.69, 9.17) is 11.5 Å². The van der Waals surface area contributed by atoms with Gasteiger partial charge < -0.3 is 31.9 Å². The van der Waals surface area contributed by atoms with Crippen LogP contribution in [0, 0.1) is 5.92 Å². The second kappa shape index (κ2) is 11.7. The molecule has 1 heterocycles. The number of amides is 4. The van der Waals surface area contributed by atoms with Crippen LogP contribution in [-0.2, 0) is 24.0 Å². The van der Waals surface area contributed by atoms with E-state index in [9.17, 15) is 34.2 Å². The minimum absolute atomic E-state index is 0.161. The number of aliphatic carboxylic acids is 1. The van der Waals surface area contributed by atoms with Crippen LogP contribution in [0.15, 0.2) is 0 Å². The highest BCUT2D eigenvalue weighted by Crippen LogP contribution is 2.21. The summed E-state index contributed by atoms with van der Waals surface area (Å²) in [6, 6.07) is -3.87. The maximum atomic E-state index is 13.2. The molecule has 5 unspecified atom stereocenters. The summed E-state index contributed by atoms with van der Waals surface area (Å²) in [7, 11) is 0. The smallest absolute Gasteiger partial charge is 0.329 e. The molecule has 1 fully saturated rings. The molecule has 0 radical (unpaired) electrons. The lowest BCUT2D eigenvalue weighted by atomic mass is 9.99. The molecule has 0 aromatic rings. The molecule has 5 atom stereocenters. The van der Waals surface area contributed by atoms with Gasteiger partial charge in [-0.1, -0.05) is 20.3 Å². The largest absolute Gasteiger partial charge is 0.480 e. The Labute approximate surface area is 180 Å². The second-order valence-electron chi connectivity index (χ2n) is 7.70. The topological polar surface area (TPSA) is 196 Å². The van der Waals surface area contributed by atoms with Crippen LogP contribution in [0.3, 0.4) is 0 Å². The molecule has 0 spiro atoms. The van der Waals surface area contributed by atoms with Crippen molar-refractivity contribution in [3.05, 3.63) is 0 Å². The number of aliphatic hydroxyl groups excluding tert-OH is 1. The van der Waals surface area contributed by atoms with E-state index in [0.717, 1.165) is 6.92 Å². The van der Waals surface area contributed by atoms with Gasteiger partial charge in [0.1, 0.15) is 6.04 Å². The summed E-state index contributed by atoms with van der Waals surface area (Å²) in [5, 5.41) is 21.8. The van der Waals surface area contributed by atoms with Gasteiger partial charge in [0, 0.05) is 6.54 Å². The van der Waals surface area contributed by atoms with Gasteiger partial charge in [-0.15, -0.1) is 0 Å². The van der Waals surface area contributed by atoms with Gasteiger partial charge in [0.15, 0.2) is 6.04 Å². The number of carbonyl (C=O) groups excluding carboxylic acids is 4. The number of likely N-dealkylation sites (tertiary alicyclic amines) is 1. The van der Waals surface area contributed by atoms with Crippen LogP contribution in [0.4, 0.5) is 0 Å². The SMILES string of the molecule is CCC(C)C(N)C(=O)NCC(=O)N(C(=O)C1CCCN1C(=O)CN)C(C(=O)O)C(C)O. The zero-order chi connectivity index (χ0) is 23.9. The van der Waals surface area contributed by atoms with Crippen molar-refractivity contribution in [3.63, 3.8) is 0 Å². The first-order valence-electron chi connectivity index (χ1n) is 10.3. The number of nitrogens with one attached hydrogen (secondary N) is 1. The van der Waals surface area contributed by atoms with Crippen molar-refractivity contribution in [2.75, 3.05) is 19.6 Å². The molecule has 0 aromatic carbocycles. The lowest BCUT2D eigenvalue weighted by Crippen LogP contribution is -2.61. The summed E-state index contributed by atoms with van der Waals surface area (Å²) < 4.78 is 0. The van der Waals surface area contributed by atoms with Crippen molar-refractivity contribution in [1.29, 1.82) is 0 Å². The predicted octanol–water partition coefficient (Wildman–Crippen LogP) is -2.39. The summed E-state index contributed by atoms with van der Waals surface area (Å²) in [6.45, 7) is 3.93. The summed E-state index contributed by atoms with van der Waals surface area (Å²) in [6.07, 6.45) is -0.283. The van der Waals surface area contributed by atoms with E-state index in [1.54, 1.807) is 6.92 Å². The molecular formula is C19H33N5O7. The van der Waals surface area contributed by atoms with E-state index >= 15 is 0 Å². The number of hydrogen-bond donors (Lipinski definition) is 5. The van der Waals surface area contributed by atoms with Gasteiger partial charge in [-0.2, -0.15) is 0 Å². The summed E-state index contributed by atoms with van der Waals surface area (Å²) in [5.41, 5.74) is 11.2. The quantitative estimate of drug-likeness (QED) is 0.245. The highest BCUT2D eigenvalue weighted by molar-refractivity contribution is 6.04. The molecule has 0 aromatic heterocycles. The molecule has 4 amide bonds. The third kappa shape index (κ3) is 6.45. The first-order chi connectivity index (χ1) is 14.5. The average Bonchev–Trinajstić information content (AvgIpc) is 3.22. The zero-order valence-corrected chi connectivity index (χ0v) is 18.1. The molecule has 7 N–H and O–H groups in total. The van der Waals surface area contributed by atoms with Crippen LogP contribution in [0.1, 0.15) is 40.0 Å². The third-order valence-corrected chi connectivity index (χ3v) is 5.50. The van der Waals surface area contributed by atoms with Gasteiger partial charge in [-0.25, -0.2) is 4.79 Å². The van der Waals surface area contributed by atoms with E-state index in [1.165, 1.54) is 4.90 Å². The number of carboxylic acid groups (broad SMARTS) is 1. The molecule has 176 valence electrons. The molecule has 1 saturated heterocycles. The van der Waals surface area contributed by atoms with Gasteiger partial charge in [0.2, 0.25) is 17.7 Å². The summed E-state index contributed by atoms with van der Waals surface area (Å²) in [4.78, 5) is 63.6. The minimum Gasteiger partial charge on any atom is -0.480 e. The Bertz CT molecular complexity index is 699. The number of imide groups is 1. The Morgan fingerprint density at radius 1 is 1.23 bits per heavy atom. The van der Waals surface area contributed by atoms with Crippen LogP contribution in [0.25, 0.3) is 0 Å². The first kappa shape index (κ1) is 26.5. The summed E-state index contributed by atoms with van der Waals surface area (Å²) in [5.74, 6) is -4.88. The van der Waals surface area contributed by atoms with Gasteiger partial charge in [0.25, 0.3) is 5.91 Å². The number of aliphatic hydroxyl groups is 1. The first-order valence-corrected chi connectivity index (χ1v) is 10.3. The van der Waals surface area contributed by atoms with Gasteiger partial charge in [-0.3, -0.25) is 24.1 Å². The molecule has 31 heavy (non-hydrogen) atoms. The lowest BCUT2D eigenvalue weighted by molar-refractivity contribution is -0.165. The van der Waals surface area contributed by atoms with E-state index in [0.29, 0.717) is 17.7 Å². The van der Waals surface area contributed by atoms with Gasteiger partial charge in [0.05, 0.1) is 25.2 Å². The second-order valence-corrected chi connectivity index (χ2v) is 7.70. The average molecular weight is 444 g/mol. The fourth-order valence-corrected chi connectivity index (χ4v) is 3.43. The van der Waals surface area contributed by atoms with E-state index in [1.807, 2.05) is 6.92 Å². The molecule has 1 aliphatic rings. The Kier molecular flexibility index (Phi) is 10.0. The van der Waals surface area contributed by atoms with Crippen molar-refractivity contribution in [2.24, 2.45) is 17.4 Å². The normalized spacial score (nSPS) is 19.8. The summed E-state index contributed by atoms with van der Waals surface area (Å²) >= 11 is 0. The third-order valence-electron chi connectivity index (χ3n) is 5.50. The Balaban J connectivity index is 3.13. The fraction of sp³-hybridized carbons (Fsp3) is 0.737. The Hall–Kier alpha value is -2.57. The maximum Gasteiger partial charge on any atom is 0.329 e. The molecule has 12 nitrogen and oxygen atoms in total. The Morgan fingerprint density at radius 3 is 2.32 bits per heavy atom. The van der Waals surface area contributed by atoms with Crippen LogP contribution in [0.2, 0.25) is 0 Å². The highest BCUT2D eigenvalue weighted by Gasteiger charge is 2.44.